The van der Waals surface area contributed by atoms with E-state index in [1.165, 1.54) is 29.9 Å². The van der Waals surface area contributed by atoms with Crippen LogP contribution in [-0.4, -0.2) is 47.3 Å². The van der Waals surface area contributed by atoms with Crippen molar-refractivity contribution in [2.45, 2.75) is 57.3 Å². The van der Waals surface area contributed by atoms with Crippen LogP contribution in [0, 0.1) is 0 Å². The number of nitrogens with zero attached hydrogens (tertiary/aromatic N) is 4. The molecule has 3 heterocycles. The monoisotopic (exact) mass is 407 g/mol. The Hall–Kier alpha value is -2.87. The summed E-state index contributed by atoms with van der Waals surface area (Å²) >= 11 is 0. The number of amidine groups is 1. The van der Waals surface area contributed by atoms with Crippen molar-refractivity contribution in [2.75, 3.05) is 18.5 Å². The highest BCUT2D eigenvalue weighted by atomic mass is 16.2. The first-order valence-electron chi connectivity index (χ1n) is 10.9. The molecule has 2 unspecified atom stereocenters. The van der Waals surface area contributed by atoms with E-state index in [1.54, 1.807) is 0 Å². The molecule has 5 rings (SSSR count). The fourth-order valence-corrected chi connectivity index (χ4v) is 4.73. The van der Waals surface area contributed by atoms with Crippen molar-refractivity contribution < 1.29 is 4.79 Å². The fourth-order valence-electron chi connectivity index (χ4n) is 4.73. The Kier molecular flexibility index (Phi) is 5.16. The van der Waals surface area contributed by atoms with E-state index in [0.29, 0.717) is 6.42 Å². The Morgan fingerprint density at radius 1 is 1.23 bits per heavy atom. The molecule has 8 nitrogen and oxygen atoms in total. The molecule has 30 heavy (non-hydrogen) atoms. The number of hydrogen-bond acceptors (Lipinski definition) is 6. The van der Waals surface area contributed by atoms with E-state index in [1.807, 2.05) is 18.2 Å². The lowest BCUT2D eigenvalue weighted by Crippen LogP contribution is -2.50. The number of carbonyl (C=O) groups is 1. The summed E-state index contributed by atoms with van der Waals surface area (Å²) in [5.41, 5.74) is 9.89. The van der Waals surface area contributed by atoms with Crippen LogP contribution in [0.1, 0.15) is 36.1 Å². The van der Waals surface area contributed by atoms with E-state index in [0.717, 1.165) is 43.8 Å². The number of amides is 1. The zero-order valence-electron chi connectivity index (χ0n) is 17.4. The highest BCUT2D eigenvalue weighted by molar-refractivity contribution is 5.91. The minimum absolute atomic E-state index is 0.0682. The third-order valence-electron chi connectivity index (χ3n) is 6.19. The van der Waals surface area contributed by atoms with Gasteiger partial charge in [0.15, 0.2) is 6.17 Å². The molecule has 0 saturated carbocycles. The van der Waals surface area contributed by atoms with Crippen LogP contribution >= 0.6 is 0 Å². The first kappa shape index (κ1) is 19.1. The lowest BCUT2D eigenvalue weighted by atomic mass is 9.97. The largest absolute Gasteiger partial charge is 0.358 e. The summed E-state index contributed by atoms with van der Waals surface area (Å²) in [5.74, 6) is 1.93. The number of carbonyl (C=O) groups excluding carboxylic acids is 1. The summed E-state index contributed by atoms with van der Waals surface area (Å²) in [5, 5.41) is 8.05. The minimum atomic E-state index is -0.595. The molecule has 0 spiro atoms. The van der Waals surface area contributed by atoms with Crippen molar-refractivity contribution in [3.05, 3.63) is 47.2 Å². The molecule has 0 saturated heterocycles. The van der Waals surface area contributed by atoms with Gasteiger partial charge in [0.25, 0.3) is 5.91 Å². The molecule has 0 fully saturated rings. The standard InChI is InChI=1S/C22H29N7O/c1-28-14-16(11-12-29-22(28)17-9-5-6-10-18(17)27-29)23-21(30)20-24-19(25-26-20)13-15-7-3-2-4-8-15/h2-4,7-8,16,20,26H,5-6,9-14H2,1H3,(H,23,30)(H,24,25). The van der Waals surface area contributed by atoms with Crippen LogP contribution in [-0.2, 0) is 30.6 Å². The van der Waals surface area contributed by atoms with Crippen LogP contribution in [0.2, 0.25) is 0 Å². The predicted molar refractivity (Wildman–Crippen MR) is 116 cm³/mol. The Labute approximate surface area is 176 Å². The summed E-state index contributed by atoms with van der Waals surface area (Å²) in [4.78, 5) is 19.6. The van der Waals surface area contributed by atoms with Gasteiger partial charge in [0.1, 0.15) is 11.7 Å². The molecule has 8 heteroatoms. The summed E-state index contributed by atoms with van der Waals surface area (Å²) in [7, 11) is 2.11. The van der Waals surface area contributed by atoms with Crippen LogP contribution in [0.25, 0.3) is 0 Å². The number of aromatic nitrogens is 2. The third-order valence-corrected chi connectivity index (χ3v) is 6.19. The maximum absolute atomic E-state index is 12.8. The number of hydrazine groups is 1. The molecule has 1 aromatic heterocycles. The average Bonchev–Trinajstić information content (AvgIpc) is 3.33. The molecule has 1 amide bonds. The van der Waals surface area contributed by atoms with E-state index < -0.39 is 6.17 Å². The molecule has 2 atom stereocenters. The van der Waals surface area contributed by atoms with Crippen LogP contribution in [0.3, 0.4) is 0 Å². The van der Waals surface area contributed by atoms with Crippen LogP contribution < -0.4 is 21.1 Å². The molecule has 3 aliphatic rings. The maximum atomic E-state index is 12.8. The Morgan fingerprint density at radius 3 is 2.93 bits per heavy atom. The topological polar surface area (TPSA) is 86.6 Å². The van der Waals surface area contributed by atoms with Crippen LogP contribution in [0.4, 0.5) is 5.82 Å². The molecular formula is C22H29N7O. The van der Waals surface area contributed by atoms with Crippen molar-refractivity contribution in [2.24, 2.45) is 4.99 Å². The Balaban J connectivity index is 1.21. The van der Waals surface area contributed by atoms with Gasteiger partial charge in [-0.05, 0) is 37.7 Å². The summed E-state index contributed by atoms with van der Waals surface area (Å²) in [6.07, 6.45) is 5.63. The number of likely N-dealkylation sites (N-methyl/N-ethyl adjacent to an activating group) is 1. The van der Waals surface area contributed by atoms with E-state index in [4.69, 9.17) is 5.10 Å². The summed E-state index contributed by atoms with van der Waals surface area (Å²) < 4.78 is 2.15. The average molecular weight is 408 g/mol. The molecule has 3 N–H and O–H groups in total. The highest BCUT2D eigenvalue weighted by Crippen LogP contribution is 2.31. The number of fused-ring (bicyclic) bond motifs is 3. The van der Waals surface area contributed by atoms with E-state index >= 15 is 0 Å². The number of aryl methyl sites for hydroxylation is 2. The summed E-state index contributed by atoms with van der Waals surface area (Å²) in [6, 6.07) is 10.2. The second-order valence-electron chi connectivity index (χ2n) is 8.46. The van der Waals surface area contributed by atoms with E-state index in [2.05, 4.69) is 49.9 Å². The number of anilines is 1. The van der Waals surface area contributed by atoms with E-state index in [9.17, 15) is 4.79 Å². The first-order valence-corrected chi connectivity index (χ1v) is 10.9. The van der Waals surface area contributed by atoms with Crippen molar-refractivity contribution in [1.82, 2.24) is 25.9 Å². The highest BCUT2D eigenvalue weighted by Gasteiger charge is 2.30. The van der Waals surface area contributed by atoms with E-state index in [-0.39, 0.29) is 11.9 Å². The molecule has 0 bridgehead atoms. The normalized spacial score (nSPS) is 23.1. The molecule has 1 aromatic carbocycles. The smallest absolute Gasteiger partial charge is 0.261 e. The third kappa shape index (κ3) is 3.79. The SMILES string of the molecule is CN1CC(NC(=O)C2N=C(Cc3ccccc3)NN2)CCn2nc3c(c21)CCCC3. The molecule has 1 aliphatic carbocycles. The van der Waals surface area contributed by atoms with Gasteiger partial charge >= 0.3 is 0 Å². The van der Waals surface area contributed by atoms with Gasteiger partial charge in [0, 0.05) is 38.2 Å². The van der Waals surface area contributed by atoms with Gasteiger partial charge in [-0.3, -0.25) is 4.79 Å². The molecule has 158 valence electrons. The second kappa shape index (κ2) is 8.10. The zero-order chi connectivity index (χ0) is 20.5. The van der Waals surface area contributed by atoms with Crippen molar-refractivity contribution in [3.63, 3.8) is 0 Å². The lowest BCUT2D eigenvalue weighted by molar-refractivity contribution is -0.123. The first-order chi connectivity index (χ1) is 14.7. The van der Waals surface area contributed by atoms with Crippen molar-refractivity contribution in [1.29, 1.82) is 0 Å². The van der Waals surface area contributed by atoms with Crippen LogP contribution in [0.15, 0.2) is 35.3 Å². The molecular weight excluding hydrogens is 378 g/mol. The van der Waals surface area contributed by atoms with Crippen LogP contribution in [0.5, 0.6) is 0 Å². The number of hydrogen-bond donors (Lipinski definition) is 3. The van der Waals surface area contributed by atoms with Gasteiger partial charge in [-0.15, -0.1) is 0 Å². The quantitative estimate of drug-likeness (QED) is 0.708. The minimum Gasteiger partial charge on any atom is -0.358 e. The van der Waals surface area contributed by atoms with Gasteiger partial charge in [-0.1, -0.05) is 30.3 Å². The molecule has 2 aliphatic heterocycles. The fraction of sp³-hybridized carbons (Fsp3) is 0.500. The molecule has 0 radical (unpaired) electrons. The Morgan fingerprint density at radius 2 is 2.07 bits per heavy atom. The van der Waals surface area contributed by atoms with Gasteiger partial charge in [0.2, 0.25) is 0 Å². The maximum Gasteiger partial charge on any atom is 0.261 e. The van der Waals surface area contributed by atoms with Gasteiger partial charge < -0.3 is 15.6 Å². The second-order valence-corrected chi connectivity index (χ2v) is 8.46. The van der Waals surface area contributed by atoms with Crippen molar-refractivity contribution in [3.8, 4) is 0 Å². The Bertz CT molecular complexity index is 952. The molecule has 2 aromatic rings. The summed E-state index contributed by atoms with van der Waals surface area (Å²) in [6.45, 7) is 1.61. The predicted octanol–water partition coefficient (Wildman–Crippen LogP) is 1.16. The van der Waals surface area contributed by atoms with Gasteiger partial charge in [0.05, 0.1) is 5.69 Å². The van der Waals surface area contributed by atoms with Gasteiger partial charge in [-0.25, -0.2) is 15.1 Å². The number of benzene rings is 1. The lowest BCUT2D eigenvalue weighted by Gasteiger charge is -2.25. The van der Waals surface area contributed by atoms with Crippen molar-refractivity contribution >= 4 is 17.6 Å². The number of aliphatic imine (C=N–C) groups is 1. The zero-order valence-corrected chi connectivity index (χ0v) is 17.4. The number of nitrogens with one attached hydrogen (secondary N) is 3. The number of rotatable bonds is 4. The van der Waals surface area contributed by atoms with Gasteiger partial charge in [-0.2, -0.15) is 5.10 Å².